The Morgan fingerprint density at radius 3 is 3.00 bits per heavy atom. The molecule has 0 bridgehead atoms. The van der Waals surface area contributed by atoms with Crippen LogP contribution in [0.15, 0.2) is 17.6 Å². The molecule has 0 saturated carbocycles. The van der Waals surface area contributed by atoms with Crippen molar-refractivity contribution in [2.75, 3.05) is 0 Å². The van der Waals surface area contributed by atoms with E-state index in [0.29, 0.717) is 11.1 Å². The number of aromatic nitrogens is 1. The number of hydrogen-bond donors (Lipinski definition) is 1. The number of benzene rings is 1. The summed E-state index contributed by atoms with van der Waals surface area (Å²) in [6.07, 6.45) is -0.638. The van der Waals surface area contributed by atoms with Crippen LogP contribution in [0.1, 0.15) is 18.6 Å². The van der Waals surface area contributed by atoms with Gasteiger partial charge in [0.2, 0.25) is 0 Å². The van der Waals surface area contributed by atoms with Crippen LogP contribution < -0.4 is 0 Å². The molecule has 1 N–H and O–H groups in total. The molecule has 2 nitrogen and oxygen atoms in total. The zero-order valence-corrected chi connectivity index (χ0v) is 7.81. The van der Waals surface area contributed by atoms with Gasteiger partial charge < -0.3 is 5.11 Å². The molecule has 1 aromatic carbocycles. The molecule has 0 aliphatic rings. The van der Waals surface area contributed by atoms with Gasteiger partial charge in [0, 0.05) is 0 Å². The van der Waals surface area contributed by atoms with Crippen molar-refractivity contribution in [3.05, 3.63) is 29.0 Å². The predicted octanol–water partition coefficient (Wildman–Crippen LogP) is 2.49. The maximum absolute atomic E-state index is 13.3. The zero-order chi connectivity index (χ0) is 9.42. The van der Waals surface area contributed by atoms with Crippen molar-refractivity contribution in [2.45, 2.75) is 13.0 Å². The topological polar surface area (TPSA) is 33.1 Å². The lowest BCUT2D eigenvalue weighted by Gasteiger charge is -2.03. The normalized spacial score (nSPS) is 13.5. The van der Waals surface area contributed by atoms with E-state index in [1.807, 2.05) is 0 Å². The minimum atomic E-state index is -0.638. The number of halogens is 1. The number of hydrogen-bond acceptors (Lipinski definition) is 3. The molecule has 0 radical (unpaired) electrons. The first-order chi connectivity index (χ1) is 6.18. The van der Waals surface area contributed by atoms with E-state index < -0.39 is 6.10 Å². The maximum atomic E-state index is 13.3. The van der Waals surface area contributed by atoms with Gasteiger partial charge in [0.1, 0.15) is 5.52 Å². The molecule has 0 aliphatic carbocycles. The summed E-state index contributed by atoms with van der Waals surface area (Å²) in [5.74, 6) is -0.366. The van der Waals surface area contributed by atoms with Gasteiger partial charge in [-0.25, -0.2) is 9.37 Å². The van der Waals surface area contributed by atoms with Gasteiger partial charge in [-0.1, -0.05) is 0 Å². The van der Waals surface area contributed by atoms with Crippen molar-refractivity contribution in [1.29, 1.82) is 0 Å². The first kappa shape index (κ1) is 8.59. The number of aliphatic hydroxyl groups excluding tert-OH is 1. The van der Waals surface area contributed by atoms with Crippen molar-refractivity contribution in [2.24, 2.45) is 0 Å². The number of rotatable bonds is 1. The maximum Gasteiger partial charge on any atom is 0.150 e. The molecule has 1 atom stereocenters. The molecule has 68 valence electrons. The number of nitrogens with zero attached hydrogens (tertiary/aromatic N) is 1. The zero-order valence-electron chi connectivity index (χ0n) is 6.99. The van der Waals surface area contributed by atoms with Crippen LogP contribution in [0.3, 0.4) is 0 Å². The van der Waals surface area contributed by atoms with Crippen LogP contribution in [-0.2, 0) is 0 Å². The second kappa shape index (κ2) is 3.05. The molecule has 0 saturated heterocycles. The van der Waals surface area contributed by atoms with Crippen LogP contribution in [0.5, 0.6) is 0 Å². The summed E-state index contributed by atoms with van der Waals surface area (Å²) in [6, 6.07) is 3.09. The smallest absolute Gasteiger partial charge is 0.150 e. The molecule has 1 unspecified atom stereocenters. The summed E-state index contributed by atoms with van der Waals surface area (Å²) in [6.45, 7) is 1.61. The molecule has 0 aliphatic heterocycles. The molecular weight excluding hydrogens is 189 g/mol. The molecule has 2 aromatic rings. The predicted molar refractivity (Wildman–Crippen MR) is 50.2 cm³/mol. The van der Waals surface area contributed by atoms with E-state index in [4.69, 9.17) is 0 Å². The van der Waals surface area contributed by atoms with Gasteiger partial charge in [-0.05, 0) is 24.6 Å². The van der Waals surface area contributed by atoms with Crippen LogP contribution in [0.4, 0.5) is 4.39 Å². The summed E-state index contributed by atoms with van der Waals surface area (Å²) in [5, 5.41) is 9.26. The Morgan fingerprint density at radius 2 is 2.31 bits per heavy atom. The molecule has 2 rings (SSSR count). The summed E-state index contributed by atoms with van der Waals surface area (Å²) < 4.78 is 14.0. The van der Waals surface area contributed by atoms with E-state index in [1.165, 1.54) is 17.4 Å². The fraction of sp³-hybridized carbons (Fsp3) is 0.222. The molecule has 0 fully saturated rings. The Bertz CT molecular complexity index is 438. The first-order valence-corrected chi connectivity index (χ1v) is 4.77. The molecule has 1 aromatic heterocycles. The Balaban J connectivity index is 2.70. The third kappa shape index (κ3) is 1.43. The second-order valence-corrected chi connectivity index (χ2v) is 3.76. The molecule has 4 heteroatoms. The minimum absolute atomic E-state index is 0.366. The summed E-state index contributed by atoms with van der Waals surface area (Å²) in [7, 11) is 0. The van der Waals surface area contributed by atoms with Gasteiger partial charge in [-0.2, -0.15) is 0 Å². The molecular formula is C9H8FNOS. The molecule has 1 heterocycles. The second-order valence-electron chi connectivity index (χ2n) is 2.88. The van der Waals surface area contributed by atoms with Gasteiger partial charge in [-0.15, -0.1) is 11.3 Å². The third-order valence-electron chi connectivity index (χ3n) is 1.89. The SMILES string of the molecule is CC(O)c1cc(F)c2ncsc2c1. The molecule has 0 amide bonds. The van der Waals surface area contributed by atoms with E-state index in [-0.39, 0.29) is 5.82 Å². The molecule has 0 spiro atoms. The summed E-state index contributed by atoms with van der Waals surface area (Å²) in [4.78, 5) is 3.88. The Hall–Kier alpha value is -1.00. The van der Waals surface area contributed by atoms with Crippen molar-refractivity contribution in [3.63, 3.8) is 0 Å². The summed E-state index contributed by atoms with van der Waals surface area (Å²) in [5.41, 5.74) is 2.57. The van der Waals surface area contributed by atoms with Crippen LogP contribution >= 0.6 is 11.3 Å². The average Bonchev–Trinajstić information content (AvgIpc) is 2.51. The fourth-order valence-electron chi connectivity index (χ4n) is 1.19. The largest absolute Gasteiger partial charge is 0.389 e. The highest BCUT2D eigenvalue weighted by Crippen LogP contribution is 2.25. The number of thiazole rings is 1. The number of aliphatic hydroxyl groups is 1. The monoisotopic (exact) mass is 197 g/mol. The quantitative estimate of drug-likeness (QED) is 0.761. The van der Waals surface area contributed by atoms with E-state index >= 15 is 0 Å². The standard InChI is InChI=1S/C9H8FNOS/c1-5(12)6-2-7(10)9-8(3-6)13-4-11-9/h2-5,12H,1H3. The van der Waals surface area contributed by atoms with Gasteiger partial charge in [-0.3, -0.25) is 0 Å². The van der Waals surface area contributed by atoms with Gasteiger partial charge in [0.05, 0.1) is 16.3 Å². The lowest BCUT2D eigenvalue weighted by molar-refractivity contribution is 0.199. The van der Waals surface area contributed by atoms with E-state index in [0.717, 1.165) is 4.70 Å². The van der Waals surface area contributed by atoms with Crippen LogP contribution in [0.25, 0.3) is 10.2 Å². The van der Waals surface area contributed by atoms with Gasteiger partial charge >= 0.3 is 0 Å². The average molecular weight is 197 g/mol. The number of fused-ring (bicyclic) bond motifs is 1. The van der Waals surface area contributed by atoms with E-state index in [2.05, 4.69) is 4.98 Å². The lowest BCUT2D eigenvalue weighted by Crippen LogP contribution is -1.92. The summed E-state index contributed by atoms with van der Waals surface area (Å²) >= 11 is 1.37. The van der Waals surface area contributed by atoms with Gasteiger partial charge in [0.25, 0.3) is 0 Å². The van der Waals surface area contributed by atoms with Crippen molar-refractivity contribution < 1.29 is 9.50 Å². The van der Waals surface area contributed by atoms with Gasteiger partial charge in [0.15, 0.2) is 5.82 Å². The highest BCUT2D eigenvalue weighted by atomic mass is 32.1. The van der Waals surface area contributed by atoms with Crippen LogP contribution in [-0.4, -0.2) is 10.1 Å². The highest BCUT2D eigenvalue weighted by molar-refractivity contribution is 7.16. The van der Waals surface area contributed by atoms with Crippen molar-refractivity contribution in [1.82, 2.24) is 4.98 Å². The fourth-order valence-corrected chi connectivity index (χ4v) is 1.92. The highest BCUT2D eigenvalue weighted by Gasteiger charge is 2.08. The van der Waals surface area contributed by atoms with Crippen molar-refractivity contribution in [3.8, 4) is 0 Å². The van der Waals surface area contributed by atoms with E-state index in [9.17, 15) is 9.50 Å². The Kier molecular flexibility index (Phi) is 2.01. The van der Waals surface area contributed by atoms with E-state index in [1.54, 1.807) is 18.5 Å². The first-order valence-electron chi connectivity index (χ1n) is 3.89. The third-order valence-corrected chi connectivity index (χ3v) is 2.67. The van der Waals surface area contributed by atoms with Crippen LogP contribution in [0.2, 0.25) is 0 Å². The lowest BCUT2D eigenvalue weighted by atomic mass is 10.1. The Morgan fingerprint density at radius 1 is 1.54 bits per heavy atom. The Labute approximate surface area is 78.7 Å². The van der Waals surface area contributed by atoms with Crippen LogP contribution in [0, 0.1) is 5.82 Å². The minimum Gasteiger partial charge on any atom is -0.389 e. The van der Waals surface area contributed by atoms with Crippen molar-refractivity contribution >= 4 is 21.6 Å². The molecule has 13 heavy (non-hydrogen) atoms.